The first-order chi connectivity index (χ1) is 23.3. The van der Waals surface area contributed by atoms with E-state index in [2.05, 4.69) is 15.0 Å². The lowest BCUT2D eigenvalue weighted by Crippen LogP contribution is -2.40. The summed E-state index contributed by atoms with van der Waals surface area (Å²) in [6.07, 6.45) is 4.05. The number of aromatic amines is 2. The number of hydrogen-bond donors (Lipinski definition) is 3. The number of nitrogens with one attached hydrogen (secondary N) is 2. The third-order valence-electron chi connectivity index (χ3n) is 9.20. The fraction of sp³-hybridized carbons (Fsp3) is 0.342. The Morgan fingerprint density at radius 2 is 1.86 bits per heavy atom. The molecule has 1 atom stereocenters. The molecule has 3 aromatic carbocycles. The Hall–Kier alpha value is -5.03. The zero-order chi connectivity index (χ0) is 34.9. The number of H-pyrrole nitrogens is 2. The van der Waals surface area contributed by atoms with Gasteiger partial charge in [0.15, 0.2) is 11.6 Å². The van der Waals surface area contributed by atoms with Gasteiger partial charge in [-0.05, 0) is 55.2 Å². The Balaban J connectivity index is 1.45. The Bertz CT molecular complexity index is 2020. The minimum absolute atomic E-state index is 0.00652. The van der Waals surface area contributed by atoms with Crippen molar-refractivity contribution in [3.8, 4) is 22.9 Å². The van der Waals surface area contributed by atoms with Crippen molar-refractivity contribution in [3.63, 3.8) is 0 Å². The van der Waals surface area contributed by atoms with Crippen LogP contribution in [0.3, 0.4) is 0 Å². The number of halogens is 2. The molecule has 1 amide bonds. The number of nitrogens with zero attached hydrogens (tertiary/aromatic N) is 2. The van der Waals surface area contributed by atoms with Crippen molar-refractivity contribution in [3.05, 3.63) is 101 Å². The monoisotopic (exact) mass is 670 g/mol. The number of aromatic nitrogens is 3. The summed E-state index contributed by atoms with van der Waals surface area (Å²) in [5.41, 5.74) is 2.38. The van der Waals surface area contributed by atoms with Crippen LogP contribution in [0.2, 0.25) is 0 Å². The number of amides is 1. The number of aliphatic carboxylic acids is 1. The van der Waals surface area contributed by atoms with Crippen molar-refractivity contribution < 1.29 is 33.0 Å². The maximum atomic E-state index is 15.6. The van der Waals surface area contributed by atoms with E-state index in [0.29, 0.717) is 36.3 Å². The summed E-state index contributed by atoms with van der Waals surface area (Å²) < 4.78 is 43.6. The van der Waals surface area contributed by atoms with Crippen molar-refractivity contribution in [1.29, 1.82) is 0 Å². The van der Waals surface area contributed by atoms with Crippen molar-refractivity contribution in [2.75, 3.05) is 26.8 Å². The molecule has 0 spiro atoms. The quantitative estimate of drug-likeness (QED) is 0.183. The molecule has 4 bridgehead atoms. The molecule has 1 aliphatic heterocycles. The smallest absolute Gasteiger partial charge is 0.303 e. The first-order valence-corrected chi connectivity index (χ1v) is 16.3. The molecule has 0 saturated heterocycles. The normalized spacial score (nSPS) is 18.7. The predicted octanol–water partition coefficient (Wildman–Crippen LogP) is 7.40. The van der Waals surface area contributed by atoms with Gasteiger partial charge < -0.3 is 29.4 Å². The van der Waals surface area contributed by atoms with E-state index in [1.807, 2.05) is 51.1 Å². The summed E-state index contributed by atoms with van der Waals surface area (Å²) in [7, 11) is 1.75. The van der Waals surface area contributed by atoms with Gasteiger partial charge in [0.25, 0.3) is 0 Å². The first-order valence-electron chi connectivity index (χ1n) is 16.3. The standard InChI is InChI=1S/C38H40F2N4O5/c1-37(2)20-44(4)33(45)12-10-27-26-14-15-41-31(26)18-30(40)35(27)49-25-9-11-29(39)28(17-25)36-42-19-32(43-36)38(3,22-48-21-37)24-7-5-6-23(16-24)8-13-34(46)47/h5-7,9,11,14-19,41H,8,10,12-13,20-22H2,1-4H3,(H,42,43)(H,46,47). The number of fused-ring (bicyclic) bond motifs is 8. The second kappa shape index (κ2) is 13.5. The largest absolute Gasteiger partial charge is 0.481 e. The molecule has 11 heteroatoms. The topological polar surface area (TPSA) is 121 Å². The number of hydrogen-bond acceptors (Lipinski definition) is 5. The lowest BCUT2D eigenvalue weighted by Gasteiger charge is -2.34. The van der Waals surface area contributed by atoms with E-state index in [1.165, 1.54) is 24.3 Å². The van der Waals surface area contributed by atoms with Crippen LogP contribution in [0.15, 0.2) is 67.0 Å². The van der Waals surface area contributed by atoms with Crippen molar-refractivity contribution in [2.45, 2.75) is 51.9 Å². The fourth-order valence-corrected chi connectivity index (χ4v) is 6.56. The highest BCUT2D eigenvalue weighted by molar-refractivity contribution is 5.86. The SMILES string of the molecule is CN1CC(C)(C)COCC(C)(c2cccc(CCC(=O)O)c2)c2cnc([nH]2)-c2cc(ccc2F)Oc2c(F)cc3[nH]ccc3c2CCC1=O. The van der Waals surface area contributed by atoms with E-state index < -0.39 is 28.4 Å². The maximum absolute atomic E-state index is 15.6. The molecule has 0 aliphatic carbocycles. The second-order valence-electron chi connectivity index (χ2n) is 13.8. The van der Waals surface area contributed by atoms with Crippen LogP contribution in [0.5, 0.6) is 11.5 Å². The van der Waals surface area contributed by atoms with Gasteiger partial charge in [-0.1, -0.05) is 38.1 Å². The maximum Gasteiger partial charge on any atom is 0.303 e. The summed E-state index contributed by atoms with van der Waals surface area (Å²) in [5, 5.41) is 9.99. The molecule has 49 heavy (non-hydrogen) atoms. The van der Waals surface area contributed by atoms with Gasteiger partial charge in [-0.25, -0.2) is 13.8 Å². The highest BCUT2D eigenvalue weighted by Gasteiger charge is 2.34. The molecule has 6 rings (SSSR count). The van der Waals surface area contributed by atoms with E-state index in [0.717, 1.165) is 16.5 Å². The molecular weight excluding hydrogens is 630 g/mol. The van der Waals surface area contributed by atoms with Crippen molar-refractivity contribution >= 4 is 22.8 Å². The zero-order valence-electron chi connectivity index (χ0n) is 28.0. The van der Waals surface area contributed by atoms with Crippen molar-refractivity contribution in [1.82, 2.24) is 19.9 Å². The lowest BCUT2D eigenvalue weighted by molar-refractivity contribution is -0.137. The lowest BCUT2D eigenvalue weighted by atomic mass is 9.79. The molecule has 2 aromatic heterocycles. The Morgan fingerprint density at radius 3 is 2.65 bits per heavy atom. The number of rotatable bonds is 4. The van der Waals surface area contributed by atoms with Gasteiger partial charge in [0.1, 0.15) is 17.4 Å². The van der Waals surface area contributed by atoms with Crippen LogP contribution in [0, 0.1) is 17.0 Å². The number of imidazole rings is 1. The molecule has 1 unspecified atom stereocenters. The van der Waals surface area contributed by atoms with Crippen LogP contribution < -0.4 is 4.74 Å². The van der Waals surface area contributed by atoms with Crippen LogP contribution in [0.1, 0.15) is 56.0 Å². The van der Waals surface area contributed by atoms with E-state index in [4.69, 9.17) is 9.47 Å². The van der Waals surface area contributed by atoms with Gasteiger partial charge in [0.2, 0.25) is 5.91 Å². The molecule has 3 N–H and O–H groups in total. The highest BCUT2D eigenvalue weighted by Crippen LogP contribution is 2.38. The van der Waals surface area contributed by atoms with Crippen LogP contribution in [0.4, 0.5) is 8.78 Å². The third-order valence-corrected chi connectivity index (χ3v) is 9.20. The predicted molar refractivity (Wildman–Crippen MR) is 182 cm³/mol. The van der Waals surface area contributed by atoms with Crippen LogP contribution >= 0.6 is 0 Å². The van der Waals surface area contributed by atoms with Gasteiger partial charge in [0.05, 0.1) is 24.2 Å². The molecule has 0 radical (unpaired) electrons. The van der Waals surface area contributed by atoms with E-state index in [-0.39, 0.29) is 54.7 Å². The number of benzene rings is 3. The molecule has 9 nitrogen and oxygen atoms in total. The molecular formula is C38H40F2N4O5. The van der Waals surface area contributed by atoms with E-state index in [1.54, 1.807) is 24.3 Å². The van der Waals surface area contributed by atoms with E-state index >= 15 is 8.78 Å². The zero-order valence-corrected chi connectivity index (χ0v) is 28.0. The Morgan fingerprint density at radius 1 is 1.04 bits per heavy atom. The van der Waals surface area contributed by atoms with Gasteiger partial charge >= 0.3 is 5.97 Å². The van der Waals surface area contributed by atoms with E-state index in [9.17, 15) is 14.7 Å². The number of carbonyl (C=O) groups is 2. The molecule has 0 fully saturated rings. The summed E-state index contributed by atoms with van der Waals surface area (Å²) in [5.74, 6) is -1.73. The first kappa shape index (κ1) is 33.9. The fourth-order valence-electron chi connectivity index (χ4n) is 6.56. The Kier molecular flexibility index (Phi) is 9.30. The summed E-state index contributed by atoms with van der Waals surface area (Å²) >= 11 is 0. The molecule has 5 aromatic rings. The van der Waals surface area contributed by atoms with Crippen molar-refractivity contribution in [2.24, 2.45) is 5.41 Å². The molecule has 1 aliphatic rings. The number of carboxylic acid groups (broad SMARTS) is 1. The minimum Gasteiger partial charge on any atom is -0.481 e. The second-order valence-corrected chi connectivity index (χ2v) is 13.8. The number of ether oxygens (including phenoxy) is 2. The van der Waals surface area contributed by atoms with Gasteiger partial charge in [0, 0.05) is 72.5 Å². The average molecular weight is 671 g/mol. The van der Waals surface area contributed by atoms with Crippen LogP contribution in [0.25, 0.3) is 22.3 Å². The van der Waals surface area contributed by atoms with Gasteiger partial charge in [-0.3, -0.25) is 9.59 Å². The van der Waals surface area contributed by atoms with Crippen LogP contribution in [-0.2, 0) is 32.6 Å². The summed E-state index contributed by atoms with van der Waals surface area (Å²) in [6.45, 7) is 6.98. The van der Waals surface area contributed by atoms with Crippen LogP contribution in [-0.4, -0.2) is 63.6 Å². The number of carboxylic acids is 1. The van der Waals surface area contributed by atoms with Gasteiger partial charge in [-0.2, -0.15) is 0 Å². The minimum atomic E-state index is -0.882. The third kappa shape index (κ3) is 7.22. The van der Waals surface area contributed by atoms with Gasteiger partial charge in [-0.15, -0.1) is 0 Å². The molecule has 3 heterocycles. The Labute approximate surface area is 283 Å². The summed E-state index contributed by atoms with van der Waals surface area (Å²) in [4.78, 5) is 37.3. The molecule has 0 saturated carbocycles. The number of aryl methyl sites for hydroxylation is 2. The summed E-state index contributed by atoms with van der Waals surface area (Å²) in [6, 6.07) is 15.0. The average Bonchev–Trinajstić information content (AvgIpc) is 3.74. The molecule has 256 valence electrons. The highest BCUT2D eigenvalue weighted by atomic mass is 19.1. The number of carbonyl (C=O) groups excluding carboxylic acids is 1.